The van der Waals surface area contributed by atoms with E-state index in [-0.39, 0.29) is 0 Å². The molecule has 2 nitrogen and oxygen atoms in total. The topological polar surface area (TPSA) is 25.8 Å². The van der Waals surface area contributed by atoms with Gasteiger partial charge in [-0.1, -0.05) is 22.7 Å². The van der Waals surface area contributed by atoms with Crippen molar-refractivity contribution in [2.75, 3.05) is 0 Å². The molecule has 0 N–H and O–H groups in total. The summed E-state index contributed by atoms with van der Waals surface area (Å²) in [6, 6.07) is 20.2. The molecule has 0 fully saturated rings. The van der Waals surface area contributed by atoms with Crippen LogP contribution in [0.4, 0.5) is 26.3 Å². The van der Waals surface area contributed by atoms with Gasteiger partial charge in [0.25, 0.3) is 0 Å². The Morgan fingerprint density at radius 3 is 1.04 bits per heavy atom. The lowest BCUT2D eigenvalue weighted by Crippen LogP contribution is -1.90. The van der Waals surface area contributed by atoms with Crippen LogP contribution in [0, 0.1) is 34.9 Å². The van der Waals surface area contributed by atoms with Crippen LogP contribution in [0.25, 0.3) is 88.6 Å². The van der Waals surface area contributed by atoms with Crippen LogP contribution in [0.2, 0.25) is 0 Å². The van der Waals surface area contributed by atoms with Crippen molar-refractivity contribution in [3.05, 3.63) is 108 Å². The highest BCUT2D eigenvalue weighted by Crippen LogP contribution is 2.48. The number of aromatic nitrogens is 2. The standard InChI is InChI=1S/C36H12F6N2S8/c37-15-5-13(6-16(38)31(15)41)23-9-27-29(47-23)11-25(49-27)19-1-3-21(45-19)33-43-35-36(51-33)44-34(52-35)22-4-2-20(46-22)26-12-30-28(50-26)10-24(48-30)14-7-17(39)32(42)18(40)8-14/h1-12H. The SMILES string of the molecule is Fc1cc(-c2cc3sc(-c4ccc(-c5nc6sc(-c7ccc(-c8cc9sc(-c%10cc(F)c(F)c(F)c%10)cc9s8)s7)nc6s5)s4)cc3s2)cc(F)c1F. The van der Waals surface area contributed by atoms with E-state index in [1.807, 2.05) is 12.1 Å². The van der Waals surface area contributed by atoms with Crippen LogP contribution in [0.3, 0.4) is 0 Å². The zero-order chi connectivity index (χ0) is 35.4. The normalized spacial score (nSPS) is 12.0. The summed E-state index contributed by atoms with van der Waals surface area (Å²) in [4.78, 5) is 19.3. The number of thiazole rings is 2. The van der Waals surface area contributed by atoms with E-state index in [1.165, 1.54) is 22.7 Å². The first-order valence-electron chi connectivity index (χ1n) is 15.0. The van der Waals surface area contributed by atoms with Crippen LogP contribution in [0.1, 0.15) is 0 Å². The number of fused-ring (bicyclic) bond motifs is 3. The Morgan fingerprint density at radius 2 is 0.654 bits per heavy atom. The summed E-state index contributed by atoms with van der Waals surface area (Å²) in [7, 11) is 0. The van der Waals surface area contributed by atoms with Gasteiger partial charge in [0.1, 0.15) is 10.0 Å². The number of hydrogen-bond acceptors (Lipinski definition) is 10. The van der Waals surface area contributed by atoms with E-state index < -0.39 is 34.9 Å². The van der Waals surface area contributed by atoms with Gasteiger partial charge in [0.05, 0.1) is 9.75 Å². The second kappa shape index (κ2) is 12.4. The molecule has 0 unspecified atom stereocenters. The quantitative estimate of drug-likeness (QED) is 0.123. The smallest absolute Gasteiger partial charge is 0.194 e. The average molecular weight is 843 g/mol. The number of thiophene rings is 6. The van der Waals surface area contributed by atoms with E-state index in [0.717, 1.165) is 92.0 Å². The largest absolute Gasteiger partial charge is 0.222 e. The van der Waals surface area contributed by atoms with Gasteiger partial charge in [-0.15, -0.1) is 68.0 Å². The van der Waals surface area contributed by atoms with Crippen molar-refractivity contribution in [1.29, 1.82) is 0 Å². The Labute approximate surface area is 320 Å². The van der Waals surface area contributed by atoms with E-state index in [4.69, 9.17) is 9.97 Å². The first-order chi connectivity index (χ1) is 25.1. The monoisotopic (exact) mass is 842 g/mol. The summed E-state index contributed by atoms with van der Waals surface area (Å²) >= 11 is 12.4. The molecule has 0 aliphatic rings. The molecule has 52 heavy (non-hydrogen) atoms. The minimum absolute atomic E-state index is 0.312. The molecular formula is C36H12F6N2S8. The predicted octanol–water partition coefficient (Wildman–Crippen LogP) is 15.3. The van der Waals surface area contributed by atoms with E-state index >= 15 is 0 Å². The van der Waals surface area contributed by atoms with Crippen molar-refractivity contribution in [3.63, 3.8) is 0 Å². The molecule has 10 rings (SSSR count). The van der Waals surface area contributed by atoms with Crippen molar-refractivity contribution in [2.24, 2.45) is 0 Å². The van der Waals surface area contributed by atoms with Gasteiger partial charge in [-0.25, -0.2) is 36.3 Å². The number of hydrogen-bond donors (Lipinski definition) is 0. The molecule has 8 aromatic heterocycles. The third kappa shape index (κ3) is 5.58. The maximum Gasteiger partial charge on any atom is 0.194 e. The zero-order valence-electron chi connectivity index (χ0n) is 25.4. The highest BCUT2D eigenvalue weighted by Gasteiger charge is 2.20. The molecule has 0 radical (unpaired) electrons. The fourth-order valence-electron chi connectivity index (χ4n) is 5.62. The maximum atomic E-state index is 13.8. The maximum absolute atomic E-state index is 13.8. The third-order valence-electron chi connectivity index (χ3n) is 8.05. The van der Waals surface area contributed by atoms with Crippen LogP contribution >= 0.6 is 90.7 Å². The second-order valence-corrected chi connectivity index (χ2v) is 19.8. The minimum atomic E-state index is -1.47. The molecule has 256 valence electrons. The van der Waals surface area contributed by atoms with Gasteiger partial charge >= 0.3 is 0 Å². The molecule has 2 aromatic carbocycles. The molecule has 0 spiro atoms. The van der Waals surface area contributed by atoms with Crippen LogP contribution in [-0.2, 0) is 0 Å². The Morgan fingerprint density at radius 1 is 0.327 bits per heavy atom. The van der Waals surface area contributed by atoms with Gasteiger partial charge in [0.2, 0.25) is 0 Å². The lowest BCUT2D eigenvalue weighted by Gasteiger charge is -2.00. The van der Waals surface area contributed by atoms with Crippen molar-refractivity contribution in [2.45, 2.75) is 0 Å². The molecule has 10 aromatic rings. The highest BCUT2D eigenvalue weighted by atomic mass is 32.1. The van der Waals surface area contributed by atoms with Crippen LogP contribution in [0.15, 0.2) is 72.8 Å². The Kier molecular flexibility index (Phi) is 7.85. The summed E-state index contributed by atoms with van der Waals surface area (Å²) in [5, 5.41) is 1.79. The molecule has 0 atom stereocenters. The van der Waals surface area contributed by atoms with Crippen LogP contribution in [0.5, 0.6) is 0 Å². The lowest BCUT2D eigenvalue weighted by atomic mass is 10.2. The Bertz CT molecular complexity index is 2680. The van der Waals surface area contributed by atoms with Gasteiger partial charge in [-0.2, -0.15) is 0 Å². The van der Waals surface area contributed by atoms with Crippen LogP contribution < -0.4 is 0 Å². The van der Waals surface area contributed by atoms with E-state index in [0.29, 0.717) is 20.9 Å². The van der Waals surface area contributed by atoms with E-state index in [9.17, 15) is 26.3 Å². The predicted molar refractivity (Wildman–Crippen MR) is 210 cm³/mol. The van der Waals surface area contributed by atoms with Gasteiger partial charge in [0.15, 0.2) is 44.6 Å². The van der Waals surface area contributed by atoms with Gasteiger partial charge in [-0.05, 0) is 83.9 Å². The summed E-state index contributed by atoms with van der Waals surface area (Å²) in [5.41, 5.74) is 0.624. The average Bonchev–Trinajstić information content (AvgIpc) is 3.94. The summed E-state index contributed by atoms with van der Waals surface area (Å²) in [6.45, 7) is 0. The van der Waals surface area contributed by atoms with Crippen molar-refractivity contribution in [3.8, 4) is 60.2 Å². The number of benzene rings is 2. The first kappa shape index (κ1) is 32.9. The van der Waals surface area contributed by atoms with Crippen molar-refractivity contribution < 1.29 is 26.3 Å². The lowest BCUT2D eigenvalue weighted by molar-refractivity contribution is 0.447. The van der Waals surface area contributed by atoms with Gasteiger partial charge in [0, 0.05) is 48.1 Å². The Hall–Kier alpha value is -3.74. The first-order valence-corrected chi connectivity index (χ1v) is 21.5. The summed E-state index contributed by atoms with van der Waals surface area (Å²) < 4.78 is 86.0. The molecule has 0 aliphatic heterocycles. The van der Waals surface area contributed by atoms with E-state index in [1.54, 1.807) is 68.0 Å². The summed E-state index contributed by atoms with van der Waals surface area (Å²) in [5.74, 6) is -7.75. The molecule has 0 bridgehead atoms. The number of halogens is 6. The second-order valence-electron chi connectivity index (χ2n) is 11.4. The Balaban J connectivity index is 0.863. The van der Waals surface area contributed by atoms with Gasteiger partial charge in [-0.3, -0.25) is 0 Å². The molecule has 0 amide bonds. The van der Waals surface area contributed by atoms with Crippen molar-refractivity contribution >= 4 is 119 Å². The molecule has 0 saturated heterocycles. The molecule has 16 heteroatoms. The van der Waals surface area contributed by atoms with Crippen LogP contribution in [-0.4, -0.2) is 9.97 Å². The molecular weight excluding hydrogens is 831 g/mol. The van der Waals surface area contributed by atoms with Gasteiger partial charge < -0.3 is 0 Å². The molecule has 8 heterocycles. The number of nitrogens with zero attached hydrogens (tertiary/aromatic N) is 2. The third-order valence-corrected chi connectivity index (χ3v) is 17.7. The fraction of sp³-hybridized carbons (Fsp3) is 0. The minimum Gasteiger partial charge on any atom is -0.222 e. The van der Waals surface area contributed by atoms with Crippen molar-refractivity contribution in [1.82, 2.24) is 9.97 Å². The highest BCUT2D eigenvalue weighted by molar-refractivity contribution is 7.35. The number of rotatable bonds is 6. The zero-order valence-corrected chi connectivity index (χ0v) is 31.9. The molecule has 0 aliphatic carbocycles. The fourth-order valence-corrected chi connectivity index (χ4v) is 14.7. The summed E-state index contributed by atoms with van der Waals surface area (Å²) in [6.07, 6.45) is 0. The molecule has 0 saturated carbocycles. The van der Waals surface area contributed by atoms with E-state index in [2.05, 4.69) is 36.4 Å².